The zero-order valence-electron chi connectivity index (χ0n) is 14.6. The predicted octanol–water partition coefficient (Wildman–Crippen LogP) is 2.55. The van der Waals surface area contributed by atoms with Crippen molar-refractivity contribution in [1.29, 1.82) is 0 Å². The Morgan fingerprint density at radius 3 is 2.68 bits per heavy atom. The summed E-state index contributed by atoms with van der Waals surface area (Å²) in [4.78, 5) is 23.8. The van der Waals surface area contributed by atoms with E-state index in [0.29, 0.717) is 18.1 Å². The van der Waals surface area contributed by atoms with Gasteiger partial charge in [0.2, 0.25) is 0 Å². The van der Waals surface area contributed by atoms with Crippen LogP contribution in [0, 0.1) is 13.8 Å². The first kappa shape index (κ1) is 18.5. The number of ether oxygens (including phenoxy) is 2. The lowest BCUT2D eigenvalue weighted by atomic mass is 10.2. The third-order valence-electron chi connectivity index (χ3n) is 3.57. The molecule has 0 unspecified atom stereocenters. The third kappa shape index (κ3) is 5.07. The van der Waals surface area contributed by atoms with E-state index in [0.717, 1.165) is 17.7 Å². The average Bonchev–Trinajstić information content (AvgIpc) is 2.94. The average molecular weight is 346 g/mol. The van der Waals surface area contributed by atoms with Crippen LogP contribution in [0.5, 0.6) is 5.75 Å². The van der Waals surface area contributed by atoms with E-state index in [2.05, 4.69) is 10.5 Å². The molecule has 0 fully saturated rings. The normalized spacial score (nSPS) is 10.4. The van der Waals surface area contributed by atoms with Crippen LogP contribution in [0.1, 0.15) is 40.7 Å². The zero-order chi connectivity index (χ0) is 18.2. The fourth-order valence-corrected chi connectivity index (χ4v) is 2.14. The second kappa shape index (κ2) is 8.86. The fourth-order valence-electron chi connectivity index (χ4n) is 2.14. The zero-order valence-corrected chi connectivity index (χ0v) is 14.6. The highest BCUT2D eigenvalue weighted by atomic mass is 16.5. The first-order chi connectivity index (χ1) is 12.0. The molecule has 0 aliphatic rings. The molecule has 0 aliphatic heterocycles. The number of nitrogens with one attached hydrogen (secondary N) is 1. The van der Waals surface area contributed by atoms with E-state index in [-0.39, 0.29) is 24.7 Å². The summed E-state index contributed by atoms with van der Waals surface area (Å²) in [5, 5.41) is 6.51. The van der Waals surface area contributed by atoms with Gasteiger partial charge in [-0.1, -0.05) is 24.2 Å². The molecular formula is C18H22N2O5. The number of aryl methyl sites for hydroxylation is 2. The van der Waals surface area contributed by atoms with Crippen LogP contribution in [0.4, 0.5) is 0 Å². The Morgan fingerprint density at radius 2 is 2.00 bits per heavy atom. The predicted molar refractivity (Wildman–Crippen MR) is 90.3 cm³/mol. The maximum absolute atomic E-state index is 12.2. The maximum atomic E-state index is 12.2. The van der Waals surface area contributed by atoms with E-state index in [1.165, 1.54) is 0 Å². The van der Waals surface area contributed by atoms with Crippen molar-refractivity contribution in [1.82, 2.24) is 10.5 Å². The van der Waals surface area contributed by atoms with Crippen molar-refractivity contribution in [2.45, 2.75) is 33.8 Å². The number of rotatable bonds is 8. The maximum Gasteiger partial charge on any atom is 0.342 e. The van der Waals surface area contributed by atoms with Crippen LogP contribution in [0.25, 0.3) is 0 Å². The fraction of sp³-hybridized carbons (Fsp3) is 0.389. The van der Waals surface area contributed by atoms with E-state index >= 15 is 0 Å². The van der Waals surface area contributed by atoms with Gasteiger partial charge >= 0.3 is 5.97 Å². The van der Waals surface area contributed by atoms with E-state index < -0.39 is 5.97 Å². The standard InChI is InChI=1S/C18H22N2O5/c1-4-9-19-17(21)11-24-18(22)14-7-5-6-8-16(14)23-10-15-12(2)20-25-13(15)3/h5-8H,4,9-11H2,1-3H3,(H,19,21). The number of carbonyl (C=O) groups is 2. The second-order valence-electron chi connectivity index (χ2n) is 5.51. The Bertz CT molecular complexity index is 719. The monoisotopic (exact) mass is 346 g/mol. The van der Waals surface area contributed by atoms with E-state index in [9.17, 15) is 9.59 Å². The van der Waals surface area contributed by atoms with Gasteiger partial charge < -0.3 is 19.3 Å². The van der Waals surface area contributed by atoms with Crippen LogP contribution in [0.2, 0.25) is 0 Å². The number of hydrogen-bond donors (Lipinski definition) is 1. The Balaban J connectivity index is 1.99. The molecule has 0 radical (unpaired) electrons. The van der Waals surface area contributed by atoms with Crippen LogP contribution in [0.3, 0.4) is 0 Å². The summed E-state index contributed by atoms with van der Waals surface area (Å²) in [5.74, 6) is 0.108. The summed E-state index contributed by atoms with van der Waals surface area (Å²) in [6, 6.07) is 6.73. The van der Waals surface area contributed by atoms with Crippen LogP contribution in [0.15, 0.2) is 28.8 Å². The number of hydrogen-bond acceptors (Lipinski definition) is 6. The largest absolute Gasteiger partial charge is 0.488 e. The Kier molecular flexibility index (Phi) is 6.56. The Hall–Kier alpha value is -2.83. The molecular weight excluding hydrogens is 324 g/mol. The van der Waals surface area contributed by atoms with Gasteiger partial charge in [0.25, 0.3) is 5.91 Å². The Labute approximate surface area is 146 Å². The van der Waals surface area contributed by atoms with E-state index in [1.54, 1.807) is 31.2 Å². The minimum atomic E-state index is -0.610. The molecule has 1 heterocycles. The van der Waals surface area contributed by atoms with Crippen molar-refractivity contribution in [2.75, 3.05) is 13.2 Å². The molecule has 0 saturated heterocycles. The number of esters is 1. The molecule has 0 aliphatic carbocycles. The van der Waals surface area contributed by atoms with Gasteiger partial charge in [-0.2, -0.15) is 0 Å². The second-order valence-corrected chi connectivity index (χ2v) is 5.51. The third-order valence-corrected chi connectivity index (χ3v) is 3.57. The van der Waals surface area contributed by atoms with E-state index in [4.69, 9.17) is 14.0 Å². The van der Waals surface area contributed by atoms with Gasteiger partial charge in [-0.05, 0) is 32.4 Å². The molecule has 25 heavy (non-hydrogen) atoms. The van der Waals surface area contributed by atoms with Gasteiger partial charge in [-0.15, -0.1) is 0 Å². The highest BCUT2D eigenvalue weighted by molar-refractivity contribution is 5.93. The van der Waals surface area contributed by atoms with Gasteiger partial charge in [0.15, 0.2) is 6.61 Å². The summed E-state index contributed by atoms with van der Waals surface area (Å²) in [7, 11) is 0. The lowest BCUT2D eigenvalue weighted by Gasteiger charge is -2.11. The minimum Gasteiger partial charge on any atom is -0.488 e. The molecule has 1 amide bonds. The smallest absolute Gasteiger partial charge is 0.342 e. The molecule has 0 bridgehead atoms. The van der Waals surface area contributed by atoms with Crippen molar-refractivity contribution >= 4 is 11.9 Å². The first-order valence-electron chi connectivity index (χ1n) is 8.10. The molecule has 1 N–H and O–H groups in total. The quantitative estimate of drug-likeness (QED) is 0.739. The molecule has 2 aromatic rings. The SMILES string of the molecule is CCCNC(=O)COC(=O)c1ccccc1OCc1c(C)noc1C. The summed E-state index contributed by atoms with van der Waals surface area (Å²) in [5.41, 5.74) is 1.84. The number of aromatic nitrogens is 1. The summed E-state index contributed by atoms with van der Waals surface area (Å²) in [6.45, 7) is 6.02. The number of nitrogens with zero attached hydrogens (tertiary/aromatic N) is 1. The Morgan fingerprint density at radius 1 is 1.24 bits per heavy atom. The molecule has 0 atom stereocenters. The molecule has 1 aromatic carbocycles. The minimum absolute atomic E-state index is 0.225. The molecule has 1 aromatic heterocycles. The van der Waals surface area contributed by atoms with Crippen LogP contribution >= 0.6 is 0 Å². The number of carbonyl (C=O) groups excluding carboxylic acids is 2. The lowest BCUT2D eigenvalue weighted by Crippen LogP contribution is -2.29. The van der Waals surface area contributed by atoms with Crippen molar-refractivity contribution < 1.29 is 23.6 Å². The van der Waals surface area contributed by atoms with Crippen LogP contribution in [-0.2, 0) is 16.1 Å². The highest BCUT2D eigenvalue weighted by Crippen LogP contribution is 2.22. The highest BCUT2D eigenvalue weighted by Gasteiger charge is 2.16. The number of amides is 1. The van der Waals surface area contributed by atoms with Gasteiger partial charge in [-0.3, -0.25) is 4.79 Å². The van der Waals surface area contributed by atoms with Crippen molar-refractivity contribution in [3.63, 3.8) is 0 Å². The number of para-hydroxylation sites is 1. The summed E-state index contributed by atoms with van der Waals surface area (Å²) in [6.07, 6.45) is 0.818. The van der Waals surface area contributed by atoms with Crippen LogP contribution < -0.4 is 10.1 Å². The molecule has 0 spiro atoms. The number of benzene rings is 1. The van der Waals surface area contributed by atoms with Gasteiger partial charge in [-0.25, -0.2) is 4.79 Å². The molecule has 7 heteroatoms. The molecule has 2 rings (SSSR count). The molecule has 7 nitrogen and oxygen atoms in total. The lowest BCUT2D eigenvalue weighted by molar-refractivity contribution is -0.124. The van der Waals surface area contributed by atoms with Gasteiger partial charge in [0.05, 0.1) is 11.3 Å². The molecule has 0 saturated carbocycles. The summed E-state index contributed by atoms with van der Waals surface area (Å²) >= 11 is 0. The topological polar surface area (TPSA) is 90.7 Å². The van der Waals surface area contributed by atoms with E-state index in [1.807, 2.05) is 13.8 Å². The first-order valence-corrected chi connectivity index (χ1v) is 8.10. The molecule has 134 valence electrons. The van der Waals surface area contributed by atoms with Crippen molar-refractivity contribution in [2.24, 2.45) is 0 Å². The van der Waals surface area contributed by atoms with Gasteiger partial charge in [0, 0.05) is 6.54 Å². The van der Waals surface area contributed by atoms with Crippen molar-refractivity contribution in [3.05, 3.63) is 46.8 Å². The van der Waals surface area contributed by atoms with Crippen LogP contribution in [-0.4, -0.2) is 30.2 Å². The van der Waals surface area contributed by atoms with Crippen molar-refractivity contribution in [3.8, 4) is 5.75 Å². The summed E-state index contributed by atoms with van der Waals surface area (Å²) < 4.78 is 15.9. The van der Waals surface area contributed by atoms with Gasteiger partial charge in [0.1, 0.15) is 23.7 Å².